The summed E-state index contributed by atoms with van der Waals surface area (Å²) in [6.45, 7) is 4.04. The summed E-state index contributed by atoms with van der Waals surface area (Å²) in [7, 11) is 0. The largest absolute Gasteiger partial charge is 0.447 e. The Morgan fingerprint density at radius 2 is 2.00 bits per heavy atom. The molecule has 1 aromatic heterocycles. The Labute approximate surface area is 162 Å². The molecule has 3 aliphatic rings. The summed E-state index contributed by atoms with van der Waals surface area (Å²) >= 11 is 1.45. The Morgan fingerprint density at radius 3 is 2.56 bits per heavy atom. The van der Waals surface area contributed by atoms with Gasteiger partial charge in [0.1, 0.15) is 6.10 Å². The van der Waals surface area contributed by atoms with Crippen molar-refractivity contribution in [2.45, 2.75) is 51.4 Å². The Morgan fingerprint density at radius 1 is 1.26 bits per heavy atom. The van der Waals surface area contributed by atoms with Crippen LogP contribution < -0.4 is 0 Å². The predicted octanol–water partition coefficient (Wildman–Crippen LogP) is 4.20. The van der Waals surface area contributed by atoms with E-state index in [1.807, 2.05) is 19.1 Å². The molecule has 1 N–H and O–H groups in total. The van der Waals surface area contributed by atoms with Gasteiger partial charge in [0.2, 0.25) is 17.1 Å². The van der Waals surface area contributed by atoms with Crippen LogP contribution in [0.1, 0.15) is 48.5 Å². The number of hydrogen-bond acceptors (Lipinski definition) is 7. The fourth-order valence-electron chi connectivity index (χ4n) is 5.14. The van der Waals surface area contributed by atoms with E-state index < -0.39 is 28.6 Å². The predicted molar refractivity (Wildman–Crippen MR) is 97.3 cm³/mol. The van der Waals surface area contributed by atoms with Crippen molar-refractivity contribution in [2.24, 2.45) is 22.7 Å². The quantitative estimate of drug-likeness (QED) is 0.826. The molecule has 1 aromatic rings. The van der Waals surface area contributed by atoms with Gasteiger partial charge in [-0.1, -0.05) is 13.3 Å². The molecular formula is C20H20N4O2S. The lowest BCUT2D eigenvalue weighted by Crippen LogP contribution is -2.60. The van der Waals surface area contributed by atoms with Crippen LogP contribution in [-0.4, -0.2) is 11.7 Å². The van der Waals surface area contributed by atoms with E-state index in [-0.39, 0.29) is 5.90 Å². The molecular weight excluding hydrogens is 360 g/mol. The molecule has 0 amide bonds. The molecule has 2 saturated heterocycles. The Bertz CT molecular complexity index is 921. The van der Waals surface area contributed by atoms with Crippen LogP contribution in [0.3, 0.4) is 0 Å². The number of ether oxygens (including phenoxy) is 2. The number of nitrogens with zero attached hydrogens (tertiary/aromatic N) is 3. The molecule has 0 aromatic carbocycles. The topological polar surface area (TPSA) is 114 Å². The lowest BCUT2D eigenvalue weighted by atomic mass is 9.51. The van der Waals surface area contributed by atoms with E-state index in [1.165, 1.54) is 11.3 Å². The third-order valence-electron chi connectivity index (χ3n) is 6.62. The number of hydrogen-bond donors (Lipinski definition) is 1. The molecule has 6 nitrogen and oxygen atoms in total. The van der Waals surface area contributed by atoms with Crippen molar-refractivity contribution in [3.8, 4) is 18.2 Å². The minimum atomic E-state index is -1.82. The Hall–Kier alpha value is -2.40. The van der Waals surface area contributed by atoms with Crippen LogP contribution in [-0.2, 0) is 9.47 Å². The van der Waals surface area contributed by atoms with Crippen molar-refractivity contribution < 1.29 is 9.47 Å². The number of rotatable bonds is 2. The highest BCUT2D eigenvalue weighted by atomic mass is 32.1. The van der Waals surface area contributed by atoms with Crippen LogP contribution in [0, 0.1) is 69.0 Å². The second kappa shape index (κ2) is 5.80. The standard InChI is InChI=1S/C20H20N4O2S/c1-3-13-6-7-20-15(8-13)19(11-23,17(24)26-20)18(9-21,10-22)16(25-20)14-5-4-12(2)27-14/h4-5,13,15-16,24H,3,6-8H2,1-2H3. The van der Waals surface area contributed by atoms with Crippen LogP contribution in [0.2, 0.25) is 0 Å². The average molecular weight is 380 g/mol. The molecule has 1 saturated carbocycles. The first-order chi connectivity index (χ1) is 12.9. The molecule has 5 atom stereocenters. The normalized spacial score (nSPS) is 38.8. The van der Waals surface area contributed by atoms with E-state index in [1.54, 1.807) is 0 Å². The summed E-state index contributed by atoms with van der Waals surface area (Å²) in [5, 5.41) is 39.2. The molecule has 5 unspecified atom stereocenters. The van der Waals surface area contributed by atoms with E-state index in [9.17, 15) is 15.8 Å². The zero-order valence-electron chi connectivity index (χ0n) is 15.3. The number of aryl methyl sites for hydroxylation is 1. The van der Waals surface area contributed by atoms with E-state index in [0.717, 1.165) is 22.6 Å². The lowest BCUT2D eigenvalue weighted by molar-refractivity contribution is -0.298. The van der Waals surface area contributed by atoms with Crippen LogP contribution in [0.15, 0.2) is 12.1 Å². The third-order valence-corrected chi connectivity index (χ3v) is 7.66. The van der Waals surface area contributed by atoms with Crippen molar-refractivity contribution in [1.29, 1.82) is 21.2 Å². The summed E-state index contributed by atoms with van der Waals surface area (Å²) in [5.41, 5.74) is -3.44. The summed E-state index contributed by atoms with van der Waals surface area (Å²) in [4.78, 5) is 1.76. The second-order valence-electron chi connectivity index (χ2n) is 7.74. The number of nitriles is 3. The van der Waals surface area contributed by atoms with Crippen molar-refractivity contribution >= 4 is 17.2 Å². The number of nitrogens with one attached hydrogen (secondary N) is 1. The van der Waals surface area contributed by atoms with Crippen molar-refractivity contribution in [3.05, 3.63) is 21.9 Å². The monoisotopic (exact) mass is 380 g/mol. The van der Waals surface area contributed by atoms with Gasteiger partial charge in [-0.25, -0.2) is 0 Å². The maximum atomic E-state index is 10.3. The highest BCUT2D eigenvalue weighted by Gasteiger charge is 2.81. The molecule has 138 valence electrons. The highest BCUT2D eigenvalue weighted by molar-refractivity contribution is 7.12. The molecule has 27 heavy (non-hydrogen) atoms. The minimum Gasteiger partial charge on any atom is -0.447 e. The molecule has 2 bridgehead atoms. The fraction of sp³-hybridized carbons (Fsp3) is 0.600. The van der Waals surface area contributed by atoms with Gasteiger partial charge >= 0.3 is 0 Å². The van der Waals surface area contributed by atoms with E-state index in [2.05, 4.69) is 25.1 Å². The van der Waals surface area contributed by atoms with E-state index >= 15 is 0 Å². The summed E-state index contributed by atoms with van der Waals surface area (Å²) in [6.07, 6.45) is 2.09. The molecule has 7 heteroatoms. The maximum Gasteiger partial charge on any atom is 0.217 e. The van der Waals surface area contributed by atoms with Crippen molar-refractivity contribution in [3.63, 3.8) is 0 Å². The van der Waals surface area contributed by atoms with Crippen LogP contribution in [0.4, 0.5) is 0 Å². The highest BCUT2D eigenvalue weighted by Crippen LogP contribution is 2.70. The Kier molecular flexibility index (Phi) is 3.86. The molecule has 4 rings (SSSR count). The summed E-state index contributed by atoms with van der Waals surface area (Å²) in [6, 6.07) is 10.2. The first-order valence-corrected chi connectivity index (χ1v) is 10.0. The summed E-state index contributed by atoms with van der Waals surface area (Å²) in [5.74, 6) is -1.51. The van der Waals surface area contributed by atoms with Crippen LogP contribution >= 0.6 is 11.3 Å². The van der Waals surface area contributed by atoms with E-state index in [0.29, 0.717) is 18.8 Å². The molecule has 0 spiro atoms. The number of thiophene rings is 1. The maximum absolute atomic E-state index is 10.3. The van der Waals surface area contributed by atoms with Crippen molar-refractivity contribution in [2.75, 3.05) is 0 Å². The van der Waals surface area contributed by atoms with Crippen LogP contribution in [0.5, 0.6) is 0 Å². The Balaban J connectivity index is 1.97. The second-order valence-corrected chi connectivity index (χ2v) is 9.06. The van der Waals surface area contributed by atoms with Gasteiger partial charge in [0.05, 0.1) is 24.1 Å². The zero-order valence-corrected chi connectivity index (χ0v) is 16.1. The van der Waals surface area contributed by atoms with Gasteiger partial charge in [-0.3, -0.25) is 5.41 Å². The minimum absolute atomic E-state index is 0.286. The first-order valence-electron chi connectivity index (χ1n) is 9.19. The zero-order chi connectivity index (χ0) is 19.4. The van der Waals surface area contributed by atoms with Gasteiger partial charge in [-0.15, -0.1) is 11.3 Å². The van der Waals surface area contributed by atoms with Gasteiger partial charge in [0, 0.05) is 16.2 Å². The van der Waals surface area contributed by atoms with Crippen molar-refractivity contribution in [1.82, 2.24) is 0 Å². The lowest BCUT2D eigenvalue weighted by Gasteiger charge is -2.52. The molecule has 1 aliphatic carbocycles. The average Bonchev–Trinajstić information content (AvgIpc) is 3.19. The molecule has 3 heterocycles. The van der Waals surface area contributed by atoms with Gasteiger partial charge in [-0.05, 0) is 37.8 Å². The van der Waals surface area contributed by atoms with Gasteiger partial charge in [-0.2, -0.15) is 15.8 Å². The molecule has 0 radical (unpaired) electrons. The molecule has 2 aliphatic heterocycles. The SMILES string of the molecule is CCC1CCC23OC(=N)C(C#N)(C2C1)C(C#N)(C#N)C(c1ccc(C)s1)O3. The van der Waals surface area contributed by atoms with Gasteiger partial charge in [0.15, 0.2) is 5.41 Å². The fourth-order valence-corrected chi connectivity index (χ4v) is 6.11. The van der Waals surface area contributed by atoms with E-state index in [4.69, 9.17) is 14.9 Å². The first kappa shape index (κ1) is 18.0. The van der Waals surface area contributed by atoms with Gasteiger partial charge < -0.3 is 9.47 Å². The smallest absolute Gasteiger partial charge is 0.217 e. The summed E-state index contributed by atoms with van der Waals surface area (Å²) < 4.78 is 12.3. The van der Waals surface area contributed by atoms with Crippen LogP contribution in [0.25, 0.3) is 0 Å². The molecule has 3 fully saturated rings. The van der Waals surface area contributed by atoms with Gasteiger partial charge in [0.25, 0.3) is 0 Å². The third kappa shape index (κ3) is 1.98.